The van der Waals surface area contributed by atoms with E-state index >= 15 is 0 Å². The van der Waals surface area contributed by atoms with Crippen LogP contribution in [0.15, 0.2) is 24.3 Å². The molecular weight excluding hydrogens is 248 g/mol. The molecule has 1 heterocycles. The molecule has 1 saturated heterocycles. The van der Waals surface area contributed by atoms with E-state index in [2.05, 4.69) is 29.3 Å². The van der Waals surface area contributed by atoms with Crippen molar-refractivity contribution >= 4 is 0 Å². The second-order valence-corrected chi connectivity index (χ2v) is 5.97. The summed E-state index contributed by atoms with van der Waals surface area (Å²) in [6, 6.07) is 8.67. The quantitative estimate of drug-likeness (QED) is 0.838. The number of benzene rings is 1. The third kappa shape index (κ3) is 5.23. The van der Waals surface area contributed by atoms with Crippen LogP contribution in [0.25, 0.3) is 0 Å². The number of hydrogen-bond acceptors (Lipinski definition) is 3. The lowest BCUT2D eigenvalue weighted by molar-refractivity contribution is 0.255. The van der Waals surface area contributed by atoms with Crippen molar-refractivity contribution in [1.29, 1.82) is 0 Å². The normalized spacial score (nSPS) is 18.7. The molecule has 0 unspecified atom stereocenters. The lowest BCUT2D eigenvalue weighted by Crippen LogP contribution is -2.39. The summed E-state index contributed by atoms with van der Waals surface area (Å²) in [6.07, 6.45) is 5.50. The van der Waals surface area contributed by atoms with Gasteiger partial charge in [0, 0.05) is 19.1 Å². The fourth-order valence-electron chi connectivity index (χ4n) is 2.90. The summed E-state index contributed by atoms with van der Waals surface area (Å²) >= 11 is 0. The van der Waals surface area contributed by atoms with E-state index in [4.69, 9.17) is 5.11 Å². The summed E-state index contributed by atoms with van der Waals surface area (Å²) in [6.45, 7) is 6.92. The molecule has 0 bridgehead atoms. The molecule has 20 heavy (non-hydrogen) atoms. The van der Waals surface area contributed by atoms with Crippen LogP contribution >= 0.6 is 0 Å². The SMILES string of the molecule is C[C@H](CN1CCCCCC1)NCc1cccc(CO)c1. The number of nitrogens with zero attached hydrogens (tertiary/aromatic N) is 1. The van der Waals surface area contributed by atoms with Gasteiger partial charge in [-0.25, -0.2) is 0 Å². The molecule has 0 saturated carbocycles. The third-order valence-corrected chi connectivity index (χ3v) is 4.06. The minimum atomic E-state index is 0.122. The minimum Gasteiger partial charge on any atom is -0.392 e. The van der Waals surface area contributed by atoms with Crippen LogP contribution in [0.3, 0.4) is 0 Å². The standard InChI is InChI=1S/C17H28N2O/c1-15(13-19-9-4-2-3-5-10-19)18-12-16-7-6-8-17(11-16)14-20/h6-8,11,15,18,20H,2-5,9-10,12-14H2,1H3/t15-/m1/s1. The van der Waals surface area contributed by atoms with Gasteiger partial charge in [-0.1, -0.05) is 37.1 Å². The molecule has 2 rings (SSSR count). The molecule has 1 aromatic carbocycles. The highest BCUT2D eigenvalue weighted by Crippen LogP contribution is 2.10. The maximum Gasteiger partial charge on any atom is 0.0681 e. The number of rotatable bonds is 6. The molecular formula is C17H28N2O. The summed E-state index contributed by atoms with van der Waals surface area (Å²) in [5.74, 6) is 0. The molecule has 0 spiro atoms. The molecule has 1 atom stereocenters. The minimum absolute atomic E-state index is 0.122. The van der Waals surface area contributed by atoms with Gasteiger partial charge < -0.3 is 15.3 Å². The zero-order valence-electron chi connectivity index (χ0n) is 12.6. The van der Waals surface area contributed by atoms with Crippen molar-refractivity contribution in [2.24, 2.45) is 0 Å². The molecule has 0 radical (unpaired) electrons. The number of likely N-dealkylation sites (tertiary alicyclic amines) is 1. The van der Waals surface area contributed by atoms with Crippen LogP contribution in [0.1, 0.15) is 43.7 Å². The summed E-state index contributed by atoms with van der Waals surface area (Å²) in [5, 5.41) is 12.7. The van der Waals surface area contributed by atoms with E-state index in [-0.39, 0.29) is 6.61 Å². The number of aliphatic hydroxyl groups is 1. The van der Waals surface area contributed by atoms with Crippen molar-refractivity contribution in [3.63, 3.8) is 0 Å². The zero-order chi connectivity index (χ0) is 14.2. The van der Waals surface area contributed by atoms with Gasteiger partial charge in [0.15, 0.2) is 0 Å². The molecule has 1 aromatic rings. The van der Waals surface area contributed by atoms with Crippen LogP contribution in [0, 0.1) is 0 Å². The first-order valence-corrected chi connectivity index (χ1v) is 7.92. The molecule has 0 aliphatic carbocycles. The van der Waals surface area contributed by atoms with Gasteiger partial charge in [-0.3, -0.25) is 0 Å². The fourth-order valence-corrected chi connectivity index (χ4v) is 2.90. The average Bonchev–Trinajstić information content (AvgIpc) is 2.74. The molecule has 3 nitrogen and oxygen atoms in total. The highest BCUT2D eigenvalue weighted by molar-refractivity contribution is 5.22. The Kier molecular flexibility index (Phi) is 6.51. The Balaban J connectivity index is 1.74. The highest BCUT2D eigenvalue weighted by atomic mass is 16.3. The smallest absolute Gasteiger partial charge is 0.0681 e. The van der Waals surface area contributed by atoms with E-state index < -0.39 is 0 Å². The Labute approximate surface area is 123 Å². The van der Waals surface area contributed by atoms with E-state index in [0.717, 1.165) is 18.7 Å². The highest BCUT2D eigenvalue weighted by Gasteiger charge is 2.12. The number of hydrogen-bond donors (Lipinski definition) is 2. The van der Waals surface area contributed by atoms with Crippen LogP contribution in [0.5, 0.6) is 0 Å². The summed E-state index contributed by atoms with van der Waals surface area (Å²) in [7, 11) is 0. The monoisotopic (exact) mass is 276 g/mol. The molecule has 3 heteroatoms. The van der Waals surface area contributed by atoms with Gasteiger partial charge >= 0.3 is 0 Å². The van der Waals surface area contributed by atoms with E-state index in [1.54, 1.807) is 0 Å². The van der Waals surface area contributed by atoms with Crippen LogP contribution in [0.2, 0.25) is 0 Å². The largest absolute Gasteiger partial charge is 0.392 e. The first-order chi connectivity index (χ1) is 9.78. The second kappa shape index (κ2) is 8.40. The van der Waals surface area contributed by atoms with Gasteiger partial charge in [-0.2, -0.15) is 0 Å². The van der Waals surface area contributed by atoms with Crippen molar-refractivity contribution in [3.05, 3.63) is 35.4 Å². The maximum atomic E-state index is 9.16. The van der Waals surface area contributed by atoms with Crippen molar-refractivity contribution < 1.29 is 5.11 Å². The summed E-state index contributed by atoms with van der Waals surface area (Å²) in [5.41, 5.74) is 2.24. The first-order valence-electron chi connectivity index (χ1n) is 7.92. The van der Waals surface area contributed by atoms with Crippen LogP contribution in [0.4, 0.5) is 0 Å². The van der Waals surface area contributed by atoms with Crippen molar-refractivity contribution in [2.45, 2.75) is 51.8 Å². The van der Waals surface area contributed by atoms with E-state index in [9.17, 15) is 0 Å². The summed E-state index contributed by atoms with van der Waals surface area (Å²) in [4.78, 5) is 2.59. The predicted molar refractivity (Wildman–Crippen MR) is 83.6 cm³/mol. The topological polar surface area (TPSA) is 35.5 Å². The third-order valence-electron chi connectivity index (χ3n) is 4.06. The molecule has 1 aliphatic heterocycles. The lowest BCUT2D eigenvalue weighted by atomic mass is 10.1. The van der Waals surface area contributed by atoms with Crippen LogP contribution in [-0.2, 0) is 13.2 Å². The maximum absolute atomic E-state index is 9.16. The van der Waals surface area contributed by atoms with Gasteiger partial charge in [0.05, 0.1) is 6.61 Å². The molecule has 0 aromatic heterocycles. The van der Waals surface area contributed by atoms with E-state index in [1.165, 1.54) is 44.3 Å². The van der Waals surface area contributed by atoms with Crippen LogP contribution in [-0.4, -0.2) is 35.7 Å². The molecule has 2 N–H and O–H groups in total. The zero-order valence-corrected chi connectivity index (χ0v) is 12.6. The molecule has 1 fully saturated rings. The van der Waals surface area contributed by atoms with Crippen molar-refractivity contribution in [3.8, 4) is 0 Å². The van der Waals surface area contributed by atoms with Crippen molar-refractivity contribution in [1.82, 2.24) is 10.2 Å². The van der Waals surface area contributed by atoms with Crippen molar-refractivity contribution in [2.75, 3.05) is 19.6 Å². The predicted octanol–water partition coefficient (Wildman–Crippen LogP) is 2.53. The first kappa shape index (κ1) is 15.5. The Morgan fingerprint density at radius 2 is 1.85 bits per heavy atom. The lowest BCUT2D eigenvalue weighted by Gasteiger charge is -2.24. The van der Waals surface area contributed by atoms with E-state index in [0.29, 0.717) is 6.04 Å². The van der Waals surface area contributed by atoms with Crippen LogP contribution < -0.4 is 5.32 Å². The Hall–Kier alpha value is -0.900. The van der Waals surface area contributed by atoms with Gasteiger partial charge in [-0.05, 0) is 44.0 Å². The van der Waals surface area contributed by atoms with Gasteiger partial charge in [0.25, 0.3) is 0 Å². The van der Waals surface area contributed by atoms with E-state index in [1.807, 2.05) is 12.1 Å². The molecule has 0 amide bonds. The number of nitrogens with one attached hydrogen (secondary N) is 1. The fraction of sp³-hybridized carbons (Fsp3) is 0.647. The Morgan fingerprint density at radius 3 is 2.55 bits per heavy atom. The van der Waals surface area contributed by atoms with Gasteiger partial charge in [0.1, 0.15) is 0 Å². The Bertz CT molecular complexity index is 386. The second-order valence-electron chi connectivity index (χ2n) is 5.97. The summed E-state index contributed by atoms with van der Waals surface area (Å²) < 4.78 is 0. The molecule has 112 valence electrons. The molecule has 1 aliphatic rings. The Morgan fingerprint density at radius 1 is 1.15 bits per heavy atom. The van der Waals surface area contributed by atoms with Gasteiger partial charge in [0.2, 0.25) is 0 Å². The van der Waals surface area contributed by atoms with Gasteiger partial charge in [-0.15, -0.1) is 0 Å². The number of aliphatic hydroxyl groups excluding tert-OH is 1. The average molecular weight is 276 g/mol.